The van der Waals surface area contributed by atoms with Crippen molar-refractivity contribution < 1.29 is 29.1 Å². The van der Waals surface area contributed by atoms with Crippen LogP contribution in [0.2, 0.25) is 0 Å². The van der Waals surface area contributed by atoms with Crippen LogP contribution in [0, 0.1) is 0 Å². The summed E-state index contributed by atoms with van der Waals surface area (Å²) in [6, 6.07) is 15.2. The predicted molar refractivity (Wildman–Crippen MR) is 193 cm³/mol. The van der Waals surface area contributed by atoms with Crippen molar-refractivity contribution in [1.82, 2.24) is 31.9 Å². The Bertz CT molecular complexity index is 1710. The number of guanidine groups is 1. The molecule has 0 aromatic heterocycles. The number of nitrogens with zero attached hydrogens (tertiary/aromatic N) is 1. The smallest absolute Gasteiger partial charge is 0.243 e. The second-order valence-corrected chi connectivity index (χ2v) is 12.5. The summed E-state index contributed by atoms with van der Waals surface area (Å²) in [6.07, 6.45) is 1.31. The molecule has 0 radical (unpaired) electrons. The third kappa shape index (κ3) is 12.0. The molecule has 1 aliphatic rings. The molecule has 1 fully saturated rings. The molecule has 0 aliphatic carbocycles. The molecule has 51 heavy (non-hydrogen) atoms. The van der Waals surface area contributed by atoms with Crippen LogP contribution in [-0.2, 0) is 36.8 Å². The van der Waals surface area contributed by atoms with Crippen molar-refractivity contribution in [1.29, 1.82) is 0 Å². The van der Waals surface area contributed by atoms with E-state index >= 15 is 0 Å². The molecule has 4 atom stereocenters. The van der Waals surface area contributed by atoms with E-state index in [1.165, 1.54) is 12.1 Å². The quantitative estimate of drug-likeness (QED) is 0.0668. The second-order valence-electron chi connectivity index (χ2n) is 12.5. The Morgan fingerprint density at radius 1 is 0.725 bits per heavy atom. The number of hydrogen-bond acceptors (Lipinski definition) is 8. The van der Waals surface area contributed by atoms with E-state index in [9.17, 15) is 29.1 Å². The van der Waals surface area contributed by atoms with E-state index in [1.807, 2.05) is 42.5 Å². The van der Waals surface area contributed by atoms with E-state index in [4.69, 9.17) is 11.5 Å². The van der Waals surface area contributed by atoms with Crippen molar-refractivity contribution in [3.8, 4) is 5.75 Å². The van der Waals surface area contributed by atoms with Crippen LogP contribution in [0.5, 0.6) is 5.75 Å². The number of aliphatic imine (C=N–C) groups is 1. The fourth-order valence-electron chi connectivity index (χ4n) is 5.76. The lowest BCUT2D eigenvalue weighted by Crippen LogP contribution is -2.58. The number of amides is 5. The Balaban J connectivity index is 1.67. The highest BCUT2D eigenvalue weighted by Crippen LogP contribution is 2.17. The molecule has 1 aliphatic heterocycles. The van der Waals surface area contributed by atoms with Gasteiger partial charge in [0.05, 0.1) is 6.54 Å². The van der Waals surface area contributed by atoms with Gasteiger partial charge in [-0.05, 0) is 73.3 Å². The number of rotatable bonds is 12. The van der Waals surface area contributed by atoms with E-state index in [0.717, 1.165) is 16.3 Å². The van der Waals surface area contributed by atoms with Crippen molar-refractivity contribution in [3.05, 3.63) is 77.9 Å². The molecule has 3 aromatic rings. The van der Waals surface area contributed by atoms with Crippen LogP contribution in [0.3, 0.4) is 0 Å². The number of hydrogen-bond donors (Lipinski definition) is 9. The highest BCUT2D eigenvalue weighted by molar-refractivity contribution is 5.97. The number of phenols is 1. The molecule has 1 saturated heterocycles. The summed E-state index contributed by atoms with van der Waals surface area (Å²) in [5, 5.41) is 28.3. The van der Waals surface area contributed by atoms with Gasteiger partial charge in [-0.15, -0.1) is 0 Å². The Morgan fingerprint density at radius 3 is 1.96 bits per heavy atom. The fourth-order valence-corrected chi connectivity index (χ4v) is 5.76. The topological polar surface area (TPSA) is 242 Å². The average molecular weight is 702 g/mol. The van der Waals surface area contributed by atoms with Gasteiger partial charge in [0, 0.05) is 19.4 Å². The first-order chi connectivity index (χ1) is 24.5. The summed E-state index contributed by atoms with van der Waals surface area (Å²) < 4.78 is 0. The number of carbonyl (C=O) groups is 5. The molecule has 5 amide bonds. The van der Waals surface area contributed by atoms with E-state index in [2.05, 4.69) is 36.9 Å². The molecule has 272 valence electrons. The number of nitrogens with two attached hydrogens (primary N) is 2. The van der Waals surface area contributed by atoms with Crippen molar-refractivity contribution in [2.45, 2.75) is 62.7 Å². The largest absolute Gasteiger partial charge is 0.508 e. The standard InChI is InChI=1S/C36H47N9O6/c1-39-16-4-8-27-33(49)43-28(9-5-17-40-36(37)38)34(50)45-29(20-23-10-13-24-6-2-3-7-25(24)18-23)32(48)41-21-31(47)42-30(35(51)44-27)19-22-11-14-26(46)15-12-22/h2-3,6-7,10-15,18,27-30,39,46H,4-5,8-9,16-17,19-21H2,1H3,(H,41,48)(H,42,47)(H,43,49)(H,44,51)(H,45,50)(H4,37,38,40)/t27-,28-,29-,30+/m0/s1. The van der Waals surface area contributed by atoms with E-state index < -0.39 is 60.2 Å². The van der Waals surface area contributed by atoms with E-state index in [-0.39, 0.29) is 43.9 Å². The van der Waals surface area contributed by atoms with Gasteiger partial charge in [0.15, 0.2) is 5.96 Å². The number of phenolic OH excluding ortho intramolecular Hbond substituents is 1. The first-order valence-corrected chi connectivity index (χ1v) is 17.0. The maximum absolute atomic E-state index is 13.9. The van der Waals surface area contributed by atoms with Crippen LogP contribution < -0.4 is 43.4 Å². The van der Waals surface area contributed by atoms with Gasteiger partial charge in [-0.1, -0.05) is 54.6 Å². The van der Waals surface area contributed by atoms with Crippen LogP contribution in [0.4, 0.5) is 0 Å². The zero-order valence-electron chi connectivity index (χ0n) is 28.6. The fraction of sp³-hybridized carbons (Fsp3) is 0.389. The summed E-state index contributed by atoms with van der Waals surface area (Å²) in [4.78, 5) is 72.2. The Labute approximate surface area is 296 Å². The van der Waals surface area contributed by atoms with Crippen LogP contribution in [0.1, 0.15) is 36.8 Å². The molecule has 15 nitrogen and oxygen atoms in total. The maximum atomic E-state index is 13.9. The van der Waals surface area contributed by atoms with Gasteiger partial charge < -0.3 is 48.5 Å². The molecule has 4 rings (SSSR count). The number of aromatic hydroxyl groups is 1. The van der Waals surface area contributed by atoms with Crippen molar-refractivity contribution in [2.24, 2.45) is 16.5 Å². The summed E-state index contributed by atoms with van der Waals surface area (Å²) in [5.74, 6) is -3.23. The molecular weight excluding hydrogens is 654 g/mol. The highest BCUT2D eigenvalue weighted by Gasteiger charge is 2.32. The lowest BCUT2D eigenvalue weighted by Gasteiger charge is -2.26. The average Bonchev–Trinajstić information content (AvgIpc) is 3.11. The third-order valence-corrected chi connectivity index (χ3v) is 8.47. The Hall–Kier alpha value is -5.70. The van der Waals surface area contributed by atoms with Gasteiger partial charge >= 0.3 is 0 Å². The van der Waals surface area contributed by atoms with E-state index in [0.29, 0.717) is 24.9 Å². The Morgan fingerprint density at radius 2 is 1.29 bits per heavy atom. The normalized spacial score (nSPS) is 20.5. The van der Waals surface area contributed by atoms with Gasteiger partial charge in [-0.25, -0.2) is 0 Å². The minimum absolute atomic E-state index is 0.0348. The minimum Gasteiger partial charge on any atom is -0.508 e. The molecule has 1 heterocycles. The molecule has 0 bridgehead atoms. The Kier molecular flexibility index (Phi) is 14.1. The van der Waals surface area contributed by atoms with Crippen LogP contribution >= 0.6 is 0 Å². The molecular formula is C36H47N9O6. The number of benzene rings is 3. The summed E-state index contributed by atoms with van der Waals surface area (Å²) in [6.45, 7) is 0.269. The molecule has 0 unspecified atom stereocenters. The lowest BCUT2D eigenvalue weighted by molar-refractivity contribution is -0.134. The van der Waals surface area contributed by atoms with Crippen molar-refractivity contribution in [2.75, 3.05) is 26.7 Å². The van der Waals surface area contributed by atoms with Crippen LogP contribution in [0.15, 0.2) is 71.7 Å². The minimum atomic E-state index is -1.13. The maximum Gasteiger partial charge on any atom is 0.243 e. The summed E-state index contributed by atoms with van der Waals surface area (Å²) in [7, 11) is 1.76. The molecule has 15 heteroatoms. The third-order valence-electron chi connectivity index (χ3n) is 8.47. The number of fused-ring (bicyclic) bond motifs is 1. The monoisotopic (exact) mass is 701 g/mol. The number of nitrogens with one attached hydrogen (secondary N) is 6. The van der Waals surface area contributed by atoms with Gasteiger partial charge in [0.1, 0.15) is 29.9 Å². The van der Waals surface area contributed by atoms with Crippen LogP contribution in [-0.4, -0.2) is 91.5 Å². The van der Waals surface area contributed by atoms with E-state index in [1.54, 1.807) is 19.2 Å². The second kappa shape index (κ2) is 18.9. The van der Waals surface area contributed by atoms with Crippen molar-refractivity contribution in [3.63, 3.8) is 0 Å². The summed E-state index contributed by atoms with van der Waals surface area (Å²) >= 11 is 0. The van der Waals surface area contributed by atoms with Gasteiger partial charge in [0.25, 0.3) is 0 Å². The van der Waals surface area contributed by atoms with Gasteiger partial charge in [0.2, 0.25) is 29.5 Å². The first kappa shape index (κ1) is 38.1. The SMILES string of the molecule is CNCCC[C@@H]1NC(=O)[C@@H](Cc2ccc(O)cc2)NC(=O)CNC(=O)[C@H](Cc2ccc3ccccc3c2)NC(=O)[C@H](CCCN=C(N)N)NC1=O. The first-order valence-electron chi connectivity index (χ1n) is 17.0. The molecule has 11 N–H and O–H groups in total. The molecule has 0 spiro atoms. The van der Waals surface area contributed by atoms with Crippen molar-refractivity contribution >= 4 is 46.3 Å². The van der Waals surface area contributed by atoms with Crippen LogP contribution in [0.25, 0.3) is 10.8 Å². The zero-order chi connectivity index (χ0) is 36.8. The molecule has 3 aromatic carbocycles. The highest BCUT2D eigenvalue weighted by atomic mass is 16.3. The molecule has 0 saturated carbocycles. The number of carbonyl (C=O) groups excluding carboxylic acids is 5. The van der Waals surface area contributed by atoms with Gasteiger partial charge in [-0.3, -0.25) is 29.0 Å². The van der Waals surface area contributed by atoms with Gasteiger partial charge in [-0.2, -0.15) is 0 Å². The predicted octanol–water partition coefficient (Wildman–Crippen LogP) is -0.547. The zero-order valence-corrected chi connectivity index (χ0v) is 28.6. The summed E-state index contributed by atoms with van der Waals surface area (Å²) in [5.41, 5.74) is 12.3. The lowest BCUT2D eigenvalue weighted by atomic mass is 10.0.